The minimum atomic E-state index is -1.08. The summed E-state index contributed by atoms with van der Waals surface area (Å²) in [6.45, 7) is 4.61. The van der Waals surface area contributed by atoms with Crippen molar-refractivity contribution >= 4 is 17.8 Å². The first-order chi connectivity index (χ1) is 7.25. The molecule has 0 aliphatic heterocycles. The Morgan fingerprint density at radius 3 is 2.12 bits per heavy atom. The minimum Gasteiger partial charge on any atom is -0.480 e. The molecule has 92 valence electrons. The predicted molar refractivity (Wildman–Crippen MR) is 57.7 cm³/mol. The first kappa shape index (κ1) is 14.4. The summed E-state index contributed by atoms with van der Waals surface area (Å²) in [5.41, 5.74) is 0. The molecule has 0 aromatic carbocycles. The van der Waals surface area contributed by atoms with Gasteiger partial charge in [-0.2, -0.15) is 0 Å². The third kappa shape index (κ3) is 4.77. The molecule has 0 radical (unpaired) electrons. The lowest BCUT2D eigenvalue weighted by Gasteiger charge is -2.20. The lowest BCUT2D eigenvalue weighted by Crippen LogP contribution is -2.48. The van der Waals surface area contributed by atoms with E-state index in [1.165, 1.54) is 18.9 Å². The van der Waals surface area contributed by atoms with Crippen LogP contribution in [0.4, 0.5) is 0 Å². The van der Waals surface area contributed by atoms with Gasteiger partial charge >= 0.3 is 5.97 Å². The van der Waals surface area contributed by atoms with Gasteiger partial charge in [-0.25, -0.2) is 4.79 Å². The number of nitrogens with zero attached hydrogens (tertiary/aromatic N) is 1. The lowest BCUT2D eigenvalue weighted by molar-refractivity contribution is -0.143. The number of hydrogen-bond donors (Lipinski definition) is 2. The highest BCUT2D eigenvalue weighted by Crippen LogP contribution is 2.01. The highest BCUT2D eigenvalue weighted by Gasteiger charge is 2.23. The standard InChI is InChI=1S/C10H18N2O4/c1-6(2)9(10(15)16)11-8(14)5-12(4)7(3)13/h6,9H,5H2,1-4H3,(H,11,14)(H,15,16)/t9-/m0/s1. The molecule has 2 N–H and O–H groups in total. The molecule has 0 aromatic rings. The Morgan fingerprint density at radius 1 is 1.31 bits per heavy atom. The van der Waals surface area contributed by atoms with E-state index in [0.717, 1.165) is 0 Å². The number of amides is 2. The van der Waals surface area contributed by atoms with Gasteiger partial charge in [-0.15, -0.1) is 0 Å². The van der Waals surface area contributed by atoms with Crippen molar-refractivity contribution in [2.75, 3.05) is 13.6 Å². The van der Waals surface area contributed by atoms with Gasteiger partial charge in [0.05, 0.1) is 6.54 Å². The number of carbonyl (C=O) groups excluding carboxylic acids is 2. The zero-order valence-corrected chi connectivity index (χ0v) is 9.98. The van der Waals surface area contributed by atoms with Crippen LogP contribution in [0, 0.1) is 5.92 Å². The summed E-state index contributed by atoms with van der Waals surface area (Å²) < 4.78 is 0. The maximum Gasteiger partial charge on any atom is 0.326 e. The summed E-state index contributed by atoms with van der Waals surface area (Å²) in [5.74, 6) is -2.00. The van der Waals surface area contributed by atoms with E-state index in [1.54, 1.807) is 13.8 Å². The minimum absolute atomic E-state index is 0.133. The highest BCUT2D eigenvalue weighted by atomic mass is 16.4. The topological polar surface area (TPSA) is 86.7 Å². The van der Waals surface area contributed by atoms with E-state index < -0.39 is 17.9 Å². The number of carboxylic acids is 1. The second kappa shape index (κ2) is 6.09. The van der Waals surface area contributed by atoms with E-state index in [9.17, 15) is 14.4 Å². The van der Waals surface area contributed by atoms with Crippen molar-refractivity contribution in [2.45, 2.75) is 26.8 Å². The Morgan fingerprint density at radius 2 is 1.81 bits per heavy atom. The van der Waals surface area contributed by atoms with Gasteiger partial charge in [-0.3, -0.25) is 9.59 Å². The molecular formula is C10H18N2O4. The summed E-state index contributed by atoms with van der Waals surface area (Å²) in [6, 6.07) is -0.923. The van der Waals surface area contributed by atoms with E-state index in [2.05, 4.69) is 5.32 Å². The Kier molecular flexibility index (Phi) is 5.49. The molecular weight excluding hydrogens is 212 g/mol. The first-order valence-corrected chi connectivity index (χ1v) is 4.99. The fourth-order valence-electron chi connectivity index (χ4n) is 1.06. The average Bonchev–Trinajstić information content (AvgIpc) is 2.12. The van der Waals surface area contributed by atoms with Crippen molar-refractivity contribution in [1.29, 1.82) is 0 Å². The molecule has 0 aliphatic carbocycles. The van der Waals surface area contributed by atoms with Crippen LogP contribution in [0.1, 0.15) is 20.8 Å². The summed E-state index contributed by atoms with van der Waals surface area (Å²) in [4.78, 5) is 34.3. The Balaban J connectivity index is 4.31. The molecule has 6 heteroatoms. The Hall–Kier alpha value is -1.59. The van der Waals surface area contributed by atoms with Crippen LogP contribution in [0.3, 0.4) is 0 Å². The molecule has 1 atom stereocenters. The Bertz CT molecular complexity index is 289. The van der Waals surface area contributed by atoms with Crippen LogP contribution in [0.15, 0.2) is 0 Å². The van der Waals surface area contributed by atoms with Crippen LogP contribution in [0.5, 0.6) is 0 Å². The summed E-state index contributed by atoms with van der Waals surface area (Å²) in [5, 5.41) is 11.2. The second-order valence-electron chi connectivity index (χ2n) is 4.00. The summed E-state index contributed by atoms with van der Waals surface area (Å²) in [7, 11) is 1.48. The van der Waals surface area contributed by atoms with Gasteiger partial charge in [-0.05, 0) is 5.92 Å². The van der Waals surface area contributed by atoms with Crippen LogP contribution in [0.2, 0.25) is 0 Å². The van der Waals surface area contributed by atoms with E-state index in [4.69, 9.17) is 5.11 Å². The summed E-state index contributed by atoms with van der Waals surface area (Å²) in [6.07, 6.45) is 0. The molecule has 6 nitrogen and oxygen atoms in total. The fourth-order valence-corrected chi connectivity index (χ4v) is 1.06. The molecule has 0 spiro atoms. The normalized spacial score (nSPS) is 12.1. The third-order valence-corrected chi connectivity index (χ3v) is 2.17. The monoisotopic (exact) mass is 230 g/mol. The van der Waals surface area contributed by atoms with E-state index >= 15 is 0 Å². The molecule has 0 rings (SSSR count). The third-order valence-electron chi connectivity index (χ3n) is 2.17. The zero-order chi connectivity index (χ0) is 12.9. The molecule has 0 unspecified atom stereocenters. The maximum absolute atomic E-state index is 11.4. The van der Waals surface area contributed by atoms with Gasteiger partial charge in [0.2, 0.25) is 11.8 Å². The number of aliphatic carboxylic acids is 1. The maximum atomic E-state index is 11.4. The van der Waals surface area contributed by atoms with Gasteiger partial charge in [0.1, 0.15) is 6.04 Å². The van der Waals surface area contributed by atoms with Crippen LogP contribution >= 0.6 is 0 Å². The largest absolute Gasteiger partial charge is 0.480 e. The van der Waals surface area contributed by atoms with Crippen molar-refractivity contribution in [3.8, 4) is 0 Å². The van der Waals surface area contributed by atoms with Crippen LogP contribution in [-0.2, 0) is 14.4 Å². The van der Waals surface area contributed by atoms with E-state index in [0.29, 0.717) is 0 Å². The molecule has 2 amide bonds. The van der Waals surface area contributed by atoms with Crippen molar-refractivity contribution in [2.24, 2.45) is 5.92 Å². The molecule has 0 bridgehead atoms. The van der Waals surface area contributed by atoms with Gasteiger partial charge in [0.25, 0.3) is 0 Å². The van der Waals surface area contributed by atoms with Gasteiger partial charge in [-0.1, -0.05) is 13.8 Å². The molecule has 0 aromatic heterocycles. The van der Waals surface area contributed by atoms with E-state index in [1.807, 2.05) is 0 Å². The molecule has 0 saturated heterocycles. The SMILES string of the molecule is CC(=O)N(C)CC(=O)N[C@H](C(=O)O)C(C)C. The van der Waals surface area contributed by atoms with E-state index in [-0.39, 0.29) is 18.4 Å². The number of rotatable bonds is 5. The highest BCUT2D eigenvalue weighted by molar-refractivity contribution is 5.87. The zero-order valence-electron chi connectivity index (χ0n) is 9.98. The molecule has 0 fully saturated rings. The number of hydrogen-bond acceptors (Lipinski definition) is 3. The van der Waals surface area contributed by atoms with Gasteiger partial charge in [0, 0.05) is 14.0 Å². The van der Waals surface area contributed by atoms with Gasteiger partial charge in [0.15, 0.2) is 0 Å². The van der Waals surface area contributed by atoms with Gasteiger partial charge < -0.3 is 15.3 Å². The van der Waals surface area contributed by atoms with Crippen molar-refractivity contribution < 1.29 is 19.5 Å². The quantitative estimate of drug-likeness (QED) is 0.678. The number of likely N-dealkylation sites (N-methyl/N-ethyl adjacent to an activating group) is 1. The number of carbonyl (C=O) groups is 3. The fraction of sp³-hybridized carbons (Fsp3) is 0.700. The number of nitrogens with one attached hydrogen (secondary N) is 1. The van der Waals surface area contributed by atoms with Crippen LogP contribution in [-0.4, -0.2) is 47.4 Å². The molecule has 0 saturated carbocycles. The number of carboxylic acid groups (broad SMARTS) is 1. The molecule has 0 aliphatic rings. The Labute approximate surface area is 94.6 Å². The van der Waals surface area contributed by atoms with Crippen LogP contribution < -0.4 is 5.32 Å². The molecule has 16 heavy (non-hydrogen) atoms. The summed E-state index contributed by atoms with van der Waals surface area (Å²) >= 11 is 0. The predicted octanol–water partition coefficient (Wildman–Crippen LogP) is -0.310. The second-order valence-corrected chi connectivity index (χ2v) is 4.00. The van der Waals surface area contributed by atoms with Crippen molar-refractivity contribution in [3.63, 3.8) is 0 Å². The smallest absolute Gasteiger partial charge is 0.326 e. The van der Waals surface area contributed by atoms with Crippen molar-refractivity contribution in [3.05, 3.63) is 0 Å². The van der Waals surface area contributed by atoms with Crippen molar-refractivity contribution in [1.82, 2.24) is 10.2 Å². The lowest BCUT2D eigenvalue weighted by atomic mass is 10.0. The van der Waals surface area contributed by atoms with Crippen LogP contribution in [0.25, 0.3) is 0 Å². The average molecular weight is 230 g/mol. The first-order valence-electron chi connectivity index (χ1n) is 4.99. The molecule has 0 heterocycles.